The predicted octanol–water partition coefficient (Wildman–Crippen LogP) is 9.07. The topological polar surface area (TPSA) is 75.2 Å². The van der Waals surface area contributed by atoms with E-state index in [9.17, 15) is 0 Å². The first-order chi connectivity index (χ1) is 23.3. The van der Waals surface area contributed by atoms with Crippen molar-refractivity contribution in [2.45, 2.75) is 64.9 Å². The van der Waals surface area contributed by atoms with Gasteiger partial charge in [-0.05, 0) is 72.8 Å². The van der Waals surface area contributed by atoms with Crippen molar-refractivity contribution in [3.63, 3.8) is 0 Å². The molecule has 0 N–H and O–H groups in total. The van der Waals surface area contributed by atoms with E-state index in [-0.39, 0.29) is 23.9 Å². The van der Waals surface area contributed by atoms with E-state index in [0.29, 0.717) is 0 Å². The SMILES string of the molecule is CC(=NN=C([SH2+])SCc1ccccc1)c1ccccn1.CC(=NN=C([SH2+])SCc1ccccc1)c1ccccn1.[CH2-]CCC.[CH2-]CCC.[Sn]. The van der Waals surface area contributed by atoms with Gasteiger partial charge in [0.25, 0.3) is 8.75 Å². The Kier molecular flexibility index (Phi) is 30.1. The van der Waals surface area contributed by atoms with Gasteiger partial charge in [0.15, 0.2) is 0 Å². The Morgan fingerprint density at radius 1 is 0.571 bits per heavy atom. The van der Waals surface area contributed by atoms with E-state index >= 15 is 0 Å². The van der Waals surface area contributed by atoms with E-state index in [2.05, 4.69) is 108 Å². The molecule has 2 heterocycles. The summed E-state index contributed by atoms with van der Waals surface area (Å²) in [6, 6.07) is 32.0. The maximum atomic E-state index is 4.23. The van der Waals surface area contributed by atoms with Gasteiger partial charge in [0.2, 0.25) is 0 Å². The molecule has 6 nitrogen and oxygen atoms in total. The molecule has 2 aromatic carbocycles. The number of unbranched alkanes of at least 4 members (excludes halogenated alkanes) is 2. The molecule has 0 atom stereocenters. The Bertz CT molecular complexity index is 1370. The fourth-order valence-electron chi connectivity index (χ4n) is 3.01. The third-order valence-electron chi connectivity index (χ3n) is 5.80. The second kappa shape index (κ2) is 31.6. The molecule has 4 radical (unpaired) electrons. The second-order valence-electron chi connectivity index (χ2n) is 9.87. The van der Waals surface area contributed by atoms with Crippen LogP contribution in [0, 0.1) is 13.8 Å². The maximum absolute atomic E-state index is 4.23. The number of benzene rings is 2. The van der Waals surface area contributed by atoms with Gasteiger partial charge in [-0.3, -0.25) is 9.97 Å². The summed E-state index contributed by atoms with van der Waals surface area (Å²) in [5, 5.41) is 16.7. The Balaban J connectivity index is 0.000000759. The Morgan fingerprint density at radius 2 is 0.898 bits per heavy atom. The third kappa shape index (κ3) is 24.4. The van der Waals surface area contributed by atoms with Crippen LogP contribution in [0.1, 0.15) is 75.9 Å². The zero-order chi connectivity index (χ0) is 35.2. The molecule has 0 saturated heterocycles. The zero-order valence-corrected chi connectivity index (χ0v) is 35.5. The summed E-state index contributed by atoms with van der Waals surface area (Å²) < 4.78 is 1.51. The Labute approximate surface area is 331 Å². The molecular weight excluding hydrogens is 787 g/mol. The number of pyridine rings is 2. The van der Waals surface area contributed by atoms with Crippen LogP contribution in [0.5, 0.6) is 0 Å². The van der Waals surface area contributed by atoms with Crippen molar-refractivity contribution in [1.82, 2.24) is 9.97 Å². The molecule has 0 spiro atoms. The van der Waals surface area contributed by atoms with Crippen LogP contribution >= 0.6 is 23.5 Å². The fourth-order valence-corrected chi connectivity index (χ4v) is 4.73. The van der Waals surface area contributed by atoms with Crippen molar-refractivity contribution in [1.29, 1.82) is 0 Å². The summed E-state index contributed by atoms with van der Waals surface area (Å²) in [7, 11) is 0. The molecule has 4 rings (SSSR count). The van der Waals surface area contributed by atoms with E-state index in [0.717, 1.165) is 55.9 Å². The molecule has 4 aromatic rings. The van der Waals surface area contributed by atoms with Crippen molar-refractivity contribution in [3.8, 4) is 0 Å². The third-order valence-corrected chi connectivity index (χ3v) is 8.53. The van der Waals surface area contributed by atoms with E-state index in [1.165, 1.54) is 24.0 Å². The van der Waals surface area contributed by atoms with Crippen molar-refractivity contribution >= 4 is 92.9 Å². The van der Waals surface area contributed by atoms with Crippen molar-refractivity contribution in [3.05, 3.63) is 146 Å². The largest absolute Gasteiger partial charge is 0.343 e. The number of thioether (sulfide) groups is 2. The van der Waals surface area contributed by atoms with Crippen molar-refractivity contribution in [2.24, 2.45) is 20.4 Å². The molecule has 0 aliphatic carbocycles. The number of hydrogen-bond donors (Lipinski definition) is 0. The molecule has 0 bridgehead atoms. The van der Waals surface area contributed by atoms with Gasteiger partial charge in [0, 0.05) is 73.1 Å². The molecule has 260 valence electrons. The summed E-state index contributed by atoms with van der Waals surface area (Å²) in [6.07, 6.45) is 8.05. The van der Waals surface area contributed by atoms with Gasteiger partial charge in [-0.15, -0.1) is 10.2 Å². The average molecular weight is 838 g/mol. The first kappa shape index (κ1) is 46.6. The average Bonchev–Trinajstić information content (AvgIpc) is 3.16. The van der Waals surface area contributed by atoms with Crippen molar-refractivity contribution in [2.75, 3.05) is 0 Å². The molecule has 0 unspecified atom stereocenters. The van der Waals surface area contributed by atoms with Gasteiger partial charge in [-0.2, -0.15) is 12.8 Å². The van der Waals surface area contributed by atoms with Crippen molar-refractivity contribution < 1.29 is 0 Å². The minimum Gasteiger partial charge on any atom is -0.343 e. The van der Waals surface area contributed by atoms with Crippen LogP contribution in [-0.4, -0.2) is 54.1 Å². The van der Waals surface area contributed by atoms with Gasteiger partial charge in [-0.25, -0.2) is 0 Å². The second-order valence-corrected chi connectivity index (χ2v) is 13.5. The van der Waals surface area contributed by atoms with Crippen LogP contribution in [0.4, 0.5) is 0 Å². The summed E-state index contributed by atoms with van der Waals surface area (Å²) >= 11 is 10.2. The van der Waals surface area contributed by atoms with E-state index in [4.69, 9.17) is 0 Å². The van der Waals surface area contributed by atoms with Gasteiger partial charge < -0.3 is 13.8 Å². The van der Waals surface area contributed by atoms with Crippen LogP contribution in [0.2, 0.25) is 0 Å². The van der Waals surface area contributed by atoms with Crippen LogP contribution in [0.15, 0.2) is 130 Å². The fraction of sp³-hybridized carbons (Fsp3) is 0.263. The summed E-state index contributed by atoms with van der Waals surface area (Å²) in [4.78, 5) is 8.45. The number of aromatic nitrogens is 2. The maximum Gasteiger partial charge on any atom is 0.296 e. The standard InChI is InChI=1S/2C15H15N3S2.2C4H9.Sn/c2*1-12(14-9-5-6-10-16-14)17-18-15(19)20-11-13-7-3-2-4-8-13;2*1-3-4-2;/h2*2-10H,11H2,1H3,(H,18,19);2*1,3-4H2,2H3;/q;;2*-1;/p+2. The molecule has 49 heavy (non-hydrogen) atoms. The molecule has 0 saturated carbocycles. The normalized spacial score (nSPS) is 11.4. The van der Waals surface area contributed by atoms with Gasteiger partial charge >= 0.3 is 0 Å². The first-order valence-corrected chi connectivity index (χ1v) is 18.7. The smallest absolute Gasteiger partial charge is 0.296 e. The minimum atomic E-state index is 0. The molecule has 0 aliphatic heterocycles. The monoisotopic (exact) mass is 838 g/mol. The minimum absolute atomic E-state index is 0. The summed E-state index contributed by atoms with van der Waals surface area (Å²) in [6.45, 7) is 15.2. The molecule has 0 amide bonds. The van der Waals surface area contributed by atoms with Crippen LogP contribution in [-0.2, 0) is 36.8 Å². The summed E-state index contributed by atoms with van der Waals surface area (Å²) in [5.74, 6) is 1.72. The molecule has 0 aliphatic rings. The van der Waals surface area contributed by atoms with Crippen LogP contribution in [0.25, 0.3) is 0 Å². The molecule has 2 aromatic heterocycles. The predicted molar refractivity (Wildman–Crippen MR) is 230 cm³/mol. The first-order valence-electron chi connectivity index (χ1n) is 15.8. The van der Waals surface area contributed by atoms with E-state index < -0.39 is 0 Å². The zero-order valence-electron chi connectivity index (χ0n) is 29.0. The number of nitrogens with zero attached hydrogens (tertiary/aromatic N) is 6. The quantitative estimate of drug-likeness (QED) is 0.0399. The Hall–Kier alpha value is -2.38. The van der Waals surface area contributed by atoms with E-state index in [1.807, 2.05) is 86.6 Å². The van der Waals surface area contributed by atoms with E-state index in [1.54, 1.807) is 35.9 Å². The number of rotatable bonds is 10. The number of hydrogen-bond acceptors (Lipinski definition) is 8. The Morgan fingerprint density at radius 3 is 1.18 bits per heavy atom. The summed E-state index contributed by atoms with van der Waals surface area (Å²) in [5.41, 5.74) is 5.78. The molecule has 0 fully saturated rings. The van der Waals surface area contributed by atoms with Crippen LogP contribution in [0.3, 0.4) is 0 Å². The van der Waals surface area contributed by atoms with Gasteiger partial charge in [0.1, 0.15) is 0 Å². The van der Waals surface area contributed by atoms with Gasteiger partial charge in [0.05, 0.1) is 22.8 Å². The van der Waals surface area contributed by atoms with Gasteiger partial charge in [-0.1, -0.05) is 110 Å². The molecular formula is C38H50N6S4Sn. The molecule has 11 heteroatoms. The van der Waals surface area contributed by atoms with Crippen LogP contribution < -0.4 is 0 Å².